The number of rotatable bonds is 5. The molecule has 1 heterocycles. The van der Waals surface area contributed by atoms with Crippen molar-refractivity contribution in [2.45, 2.75) is 12.8 Å². The quantitative estimate of drug-likeness (QED) is 0.849. The molecule has 0 saturated carbocycles. The van der Waals surface area contributed by atoms with Gasteiger partial charge in [0.2, 0.25) is 5.88 Å². The number of aryl methyl sites for hydroxylation is 1. The van der Waals surface area contributed by atoms with Gasteiger partial charge in [-0.1, -0.05) is 53.5 Å². The Kier molecular flexibility index (Phi) is 4.88. The number of nitrogen functional groups attached to an aromatic ring is 1. The number of hydrogen-bond acceptors (Lipinski definition) is 3. The third-order valence-electron chi connectivity index (χ3n) is 2.62. The Morgan fingerprint density at radius 2 is 1.84 bits per heavy atom. The Morgan fingerprint density at radius 1 is 1.11 bits per heavy atom. The molecule has 0 saturated heterocycles. The van der Waals surface area contributed by atoms with Crippen molar-refractivity contribution < 1.29 is 4.74 Å². The molecular weight excluding hydrogens is 283 g/mol. The van der Waals surface area contributed by atoms with E-state index in [1.54, 1.807) is 0 Å². The highest BCUT2D eigenvalue weighted by atomic mass is 35.5. The van der Waals surface area contributed by atoms with Gasteiger partial charge in [0.25, 0.3) is 0 Å². The van der Waals surface area contributed by atoms with E-state index in [0.29, 0.717) is 22.5 Å². The van der Waals surface area contributed by atoms with Crippen LogP contribution in [-0.2, 0) is 6.42 Å². The predicted octanol–water partition coefficient (Wildman–Crippen LogP) is 3.98. The van der Waals surface area contributed by atoms with E-state index < -0.39 is 0 Å². The van der Waals surface area contributed by atoms with Crippen LogP contribution in [0.25, 0.3) is 0 Å². The fraction of sp³-hybridized carbons (Fsp3) is 0.214. The van der Waals surface area contributed by atoms with Gasteiger partial charge in [-0.15, -0.1) is 0 Å². The topological polar surface area (TPSA) is 48.1 Å². The van der Waals surface area contributed by atoms with E-state index in [4.69, 9.17) is 33.7 Å². The number of halogens is 2. The summed E-state index contributed by atoms with van der Waals surface area (Å²) in [6.07, 6.45) is 1.83. The van der Waals surface area contributed by atoms with Crippen LogP contribution in [0.3, 0.4) is 0 Å². The van der Waals surface area contributed by atoms with Gasteiger partial charge in [-0.3, -0.25) is 0 Å². The highest BCUT2D eigenvalue weighted by Crippen LogP contribution is 2.29. The maximum absolute atomic E-state index is 5.97. The van der Waals surface area contributed by atoms with Crippen LogP contribution in [0, 0.1) is 0 Å². The van der Waals surface area contributed by atoms with E-state index in [-0.39, 0.29) is 5.82 Å². The lowest BCUT2D eigenvalue weighted by Crippen LogP contribution is -2.03. The lowest BCUT2D eigenvalue weighted by atomic mass is 10.1. The minimum absolute atomic E-state index is 0.226. The molecule has 1 aromatic heterocycles. The lowest BCUT2D eigenvalue weighted by molar-refractivity contribution is 0.300. The normalized spacial score (nSPS) is 10.4. The van der Waals surface area contributed by atoms with Crippen molar-refractivity contribution in [1.29, 1.82) is 0 Å². The molecule has 0 amide bonds. The summed E-state index contributed by atoms with van der Waals surface area (Å²) in [7, 11) is 0. The van der Waals surface area contributed by atoms with Crippen molar-refractivity contribution in [1.82, 2.24) is 4.98 Å². The summed E-state index contributed by atoms with van der Waals surface area (Å²) >= 11 is 11.8. The molecule has 2 N–H and O–H groups in total. The van der Waals surface area contributed by atoms with E-state index in [1.807, 2.05) is 18.2 Å². The van der Waals surface area contributed by atoms with E-state index in [1.165, 1.54) is 11.6 Å². The molecule has 0 bridgehead atoms. The third kappa shape index (κ3) is 4.01. The largest absolute Gasteiger partial charge is 0.477 e. The average Bonchev–Trinajstić information content (AvgIpc) is 2.41. The van der Waals surface area contributed by atoms with Gasteiger partial charge in [-0.2, -0.15) is 4.98 Å². The van der Waals surface area contributed by atoms with Crippen molar-refractivity contribution in [3.05, 3.63) is 52.0 Å². The standard InChI is InChI=1S/C14H14Cl2N2O/c15-11-9-12(16)14(18-13(11)17)19-8-4-7-10-5-2-1-3-6-10/h1-3,5-6,9H,4,7-8H2,(H2,17,18). The van der Waals surface area contributed by atoms with Crippen LogP contribution in [0.1, 0.15) is 12.0 Å². The molecule has 5 heteroatoms. The zero-order valence-corrected chi connectivity index (χ0v) is 11.8. The van der Waals surface area contributed by atoms with E-state index in [0.717, 1.165) is 12.8 Å². The molecule has 3 nitrogen and oxygen atoms in total. The Labute approximate surface area is 122 Å². The van der Waals surface area contributed by atoms with Crippen molar-refractivity contribution in [2.24, 2.45) is 0 Å². The molecule has 0 aliphatic rings. The molecule has 0 aliphatic heterocycles. The van der Waals surface area contributed by atoms with E-state index in [9.17, 15) is 0 Å². The summed E-state index contributed by atoms with van der Waals surface area (Å²) in [5, 5.41) is 0.709. The Morgan fingerprint density at radius 3 is 2.58 bits per heavy atom. The molecule has 1 aromatic carbocycles. The number of nitrogens with zero attached hydrogens (tertiary/aromatic N) is 1. The number of nitrogens with two attached hydrogens (primary N) is 1. The maximum atomic E-state index is 5.97. The average molecular weight is 297 g/mol. The fourth-order valence-electron chi connectivity index (χ4n) is 1.65. The Bertz CT molecular complexity index is 547. The smallest absolute Gasteiger partial charge is 0.234 e. The Hall–Kier alpha value is -1.45. The summed E-state index contributed by atoms with van der Waals surface area (Å²) < 4.78 is 5.51. The molecule has 0 atom stereocenters. The first-order chi connectivity index (χ1) is 9.16. The van der Waals surface area contributed by atoms with Crippen LogP contribution < -0.4 is 10.5 Å². The zero-order valence-electron chi connectivity index (χ0n) is 10.3. The molecule has 2 aromatic rings. The second-order valence-corrected chi connectivity index (χ2v) is 4.89. The van der Waals surface area contributed by atoms with E-state index in [2.05, 4.69) is 17.1 Å². The molecule has 0 radical (unpaired) electrons. The van der Waals surface area contributed by atoms with Crippen molar-refractivity contribution in [3.63, 3.8) is 0 Å². The molecular formula is C14H14Cl2N2O. The molecule has 0 fully saturated rings. The van der Waals surface area contributed by atoms with Gasteiger partial charge in [0.15, 0.2) is 0 Å². The van der Waals surface area contributed by atoms with Crippen molar-refractivity contribution >= 4 is 29.0 Å². The zero-order chi connectivity index (χ0) is 13.7. The predicted molar refractivity (Wildman–Crippen MR) is 78.9 cm³/mol. The number of aromatic nitrogens is 1. The van der Waals surface area contributed by atoms with Crippen LogP contribution in [0.15, 0.2) is 36.4 Å². The lowest BCUT2D eigenvalue weighted by Gasteiger charge is -2.08. The third-order valence-corrected chi connectivity index (χ3v) is 3.19. The summed E-state index contributed by atoms with van der Waals surface area (Å²) in [4.78, 5) is 4.01. The molecule has 0 unspecified atom stereocenters. The van der Waals surface area contributed by atoms with Gasteiger partial charge < -0.3 is 10.5 Å². The summed E-state index contributed by atoms with van der Waals surface area (Å²) in [5.41, 5.74) is 6.88. The molecule has 2 rings (SSSR count). The van der Waals surface area contributed by atoms with Crippen LogP contribution >= 0.6 is 23.2 Å². The first-order valence-corrected chi connectivity index (χ1v) is 6.70. The van der Waals surface area contributed by atoms with Gasteiger partial charge in [-0.25, -0.2) is 0 Å². The van der Waals surface area contributed by atoms with Gasteiger partial charge in [0.1, 0.15) is 10.8 Å². The van der Waals surface area contributed by atoms with Crippen LogP contribution in [-0.4, -0.2) is 11.6 Å². The van der Waals surface area contributed by atoms with Crippen LogP contribution in [0.2, 0.25) is 10.0 Å². The molecule has 19 heavy (non-hydrogen) atoms. The second kappa shape index (κ2) is 6.64. The highest BCUT2D eigenvalue weighted by molar-refractivity contribution is 6.36. The van der Waals surface area contributed by atoms with Gasteiger partial charge >= 0.3 is 0 Å². The molecule has 0 spiro atoms. The summed E-state index contributed by atoms with van der Waals surface area (Å²) in [6.45, 7) is 0.530. The summed E-state index contributed by atoms with van der Waals surface area (Å²) in [5.74, 6) is 0.556. The van der Waals surface area contributed by atoms with Crippen molar-refractivity contribution in [2.75, 3.05) is 12.3 Å². The Balaban J connectivity index is 1.85. The first-order valence-electron chi connectivity index (χ1n) is 5.95. The van der Waals surface area contributed by atoms with E-state index >= 15 is 0 Å². The molecule has 100 valence electrons. The number of ether oxygens (including phenoxy) is 1. The minimum atomic E-state index is 0.226. The van der Waals surface area contributed by atoms with Crippen LogP contribution in [0.5, 0.6) is 5.88 Å². The van der Waals surface area contributed by atoms with Crippen LogP contribution in [0.4, 0.5) is 5.82 Å². The minimum Gasteiger partial charge on any atom is -0.477 e. The fourth-order valence-corrected chi connectivity index (χ4v) is 2.07. The molecule has 0 aliphatic carbocycles. The van der Waals surface area contributed by atoms with Gasteiger partial charge in [0, 0.05) is 0 Å². The maximum Gasteiger partial charge on any atom is 0.234 e. The number of anilines is 1. The first kappa shape index (κ1) is 14.0. The highest BCUT2D eigenvalue weighted by Gasteiger charge is 2.08. The summed E-state index contributed by atoms with van der Waals surface area (Å²) in [6, 6.07) is 11.8. The second-order valence-electron chi connectivity index (χ2n) is 4.08. The van der Waals surface area contributed by atoms with Gasteiger partial charge in [-0.05, 0) is 24.5 Å². The van der Waals surface area contributed by atoms with Gasteiger partial charge in [0.05, 0.1) is 11.6 Å². The van der Waals surface area contributed by atoms with Crippen molar-refractivity contribution in [3.8, 4) is 5.88 Å². The number of hydrogen-bond donors (Lipinski definition) is 1. The monoisotopic (exact) mass is 296 g/mol. The number of pyridine rings is 1. The SMILES string of the molecule is Nc1nc(OCCCc2ccccc2)c(Cl)cc1Cl. The number of benzene rings is 1.